The first kappa shape index (κ1) is 22.6. The molecule has 0 fully saturated rings. The van der Waals surface area contributed by atoms with Crippen LogP contribution in [0.1, 0.15) is 25.5 Å². The molecule has 2 unspecified atom stereocenters. The predicted molar refractivity (Wildman–Crippen MR) is 111 cm³/mol. The molecule has 0 aliphatic rings. The number of carbonyl (C=O) groups is 3. The summed E-state index contributed by atoms with van der Waals surface area (Å²) in [7, 11) is 0. The summed E-state index contributed by atoms with van der Waals surface area (Å²) in [6, 6.07) is 12.2. The van der Waals surface area contributed by atoms with Gasteiger partial charge in [0.2, 0.25) is 12.0 Å². The van der Waals surface area contributed by atoms with Crippen LogP contribution in [0.4, 0.5) is 14.6 Å². The van der Waals surface area contributed by atoms with E-state index in [0.29, 0.717) is 11.8 Å². The Morgan fingerprint density at radius 1 is 1.00 bits per heavy atom. The van der Waals surface area contributed by atoms with Crippen molar-refractivity contribution in [2.24, 2.45) is 0 Å². The van der Waals surface area contributed by atoms with Crippen molar-refractivity contribution in [2.45, 2.75) is 26.0 Å². The van der Waals surface area contributed by atoms with Gasteiger partial charge in [-0.15, -0.1) is 0 Å². The number of anilines is 1. The fourth-order valence-corrected chi connectivity index (χ4v) is 2.91. The summed E-state index contributed by atoms with van der Waals surface area (Å²) in [5, 5.41) is 11.7. The lowest BCUT2D eigenvalue weighted by atomic mass is 10.1. The lowest BCUT2D eigenvalue weighted by Crippen LogP contribution is -2.44. The van der Waals surface area contributed by atoms with Gasteiger partial charge in [0.15, 0.2) is 5.82 Å². The maximum absolute atomic E-state index is 13.6. The Hall–Kier alpha value is -4.08. The van der Waals surface area contributed by atoms with Crippen LogP contribution in [0.5, 0.6) is 0 Å². The lowest BCUT2D eigenvalue weighted by Gasteiger charge is -2.20. The quantitative estimate of drug-likeness (QED) is 0.487. The average Bonchev–Trinajstić information content (AvgIpc) is 3.20. The molecule has 0 saturated carbocycles. The van der Waals surface area contributed by atoms with E-state index >= 15 is 0 Å². The molecule has 2 atom stereocenters. The van der Waals surface area contributed by atoms with Gasteiger partial charge >= 0.3 is 5.97 Å². The summed E-state index contributed by atoms with van der Waals surface area (Å²) >= 11 is 0. The Balaban J connectivity index is 1.68. The molecule has 166 valence electrons. The summed E-state index contributed by atoms with van der Waals surface area (Å²) in [6.45, 7) is 2.45. The van der Waals surface area contributed by atoms with Crippen molar-refractivity contribution < 1.29 is 27.9 Å². The molecule has 0 radical (unpaired) electrons. The van der Waals surface area contributed by atoms with Crippen LogP contribution in [0.2, 0.25) is 0 Å². The van der Waals surface area contributed by atoms with E-state index in [0.717, 1.165) is 24.6 Å². The first-order chi connectivity index (χ1) is 15.2. The molecule has 1 aromatic heterocycles. The summed E-state index contributed by atoms with van der Waals surface area (Å²) < 4.78 is 32.0. The highest BCUT2D eigenvalue weighted by molar-refractivity contribution is 5.97. The van der Waals surface area contributed by atoms with Gasteiger partial charge in [-0.3, -0.25) is 19.5 Å². The van der Waals surface area contributed by atoms with Crippen LogP contribution in [0.15, 0.2) is 54.6 Å². The van der Waals surface area contributed by atoms with E-state index in [1.54, 1.807) is 6.07 Å². The second kappa shape index (κ2) is 9.82. The summed E-state index contributed by atoms with van der Waals surface area (Å²) in [5.41, 5.74) is 1.34. The molecular formula is C22H20F2N4O4. The van der Waals surface area contributed by atoms with Crippen LogP contribution in [0.25, 0.3) is 11.3 Å². The number of hydrogen-bond acceptors (Lipinski definition) is 5. The van der Waals surface area contributed by atoms with Crippen molar-refractivity contribution in [1.82, 2.24) is 15.5 Å². The minimum atomic E-state index is -1.64. The number of aromatic nitrogens is 2. The van der Waals surface area contributed by atoms with E-state index in [1.807, 2.05) is 30.3 Å². The van der Waals surface area contributed by atoms with Gasteiger partial charge in [-0.1, -0.05) is 30.3 Å². The van der Waals surface area contributed by atoms with E-state index < -0.39 is 41.6 Å². The van der Waals surface area contributed by atoms with Crippen LogP contribution < -0.4 is 10.6 Å². The zero-order valence-corrected chi connectivity index (χ0v) is 17.2. The van der Waals surface area contributed by atoms with Crippen molar-refractivity contribution >= 4 is 23.6 Å². The highest BCUT2D eigenvalue weighted by Crippen LogP contribution is 2.22. The zero-order valence-electron chi connectivity index (χ0n) is 17.2. The Bertz CT molecular complexity index is 1110. The average molecular weight is 442 g/mol. The second-order valence-electron chi connectivity index (χ2n) is 6.94. The smallest absolute Gasteiger partial charge is 0.303 e. The number of ether oxygens (including phenoxy) is 1. The first-order valence-corrected chi connectivity index (χ1v) is 9.58. The molecule has 3 aromatic rings. The fraction of sp³-hybridized carbons (Fsp3) is 0.182. The van der Waals surface area contributed by atoms with E-state index in [4.69, 9.17) is 4.74 Å². The van der Waals surface area contributed by atoms with Gasteiger partial charge in [0, 0.05) is 24.6 Å². The summed E-state index contributed by atoms with van der Waals surface area (Å²) in [6.07, 6.45) is -1.64. The normalized spacial score (nSPS) is 12.5. The lowest BCUT2D eigenvalue weighted by molar-refractivity contribution is -0.154. The number of carbonyl (C=O) groups excluding carboxylic acids is 3. The highest BCUT2D eigenvalue weighted by atomic mass is 19.1. The van der Waals surface area contributed by atoms with Gasteiger partial charge in [-0.2, -0.15) is 5.10 Å². The number of nitrogens with zero attached hydrogens (tertiary/aromatic N) is 1. The maximum Gasteiger partial charge on any atom is 0.303 e. The van der Waals surface area contributed by atoms with Gasteiger partial charge in [0.1, 0.15) is 17.7 Å². The van der Waals surface area contributed by atoms with Crippen molar-refractivity contribution in [3.05, 3.63) is 71.8 Å². The van der Waals surface area contributed by atoms with Gasteiger partial charge in [-0.25, -0.2) is 8.78 Å². The highest BCUT2D eigenvalue weighted by Gasteiger charge is 2.28. The fourth-order valence-electron chi connectivity index (χ4n) is 2.91. The second-order valence-corrected chi connectivity index (χ2v) is 6.94. The van der Waals surface area contributed by atoms with Gasteiger partial charge in [0.05, 0.1) is 5.69 Å². The Morgan fingerprint density at radius 3 is 2.28 bits per heavy atom. The molecule has 2 amide bonds. The van der Waals surface area contributed by atoms with Crippen LogP contribution in [0.3, 0.4) is 0 Å². The zero-order chi connectivity index (χ0) is 23.3. The third-order valence-electron chi connectivity index (χ3n) is 4.38. The van der Waals surface area contributed by atoms with E-state index in [1.165, 1.54) is 6.92 Å². The molecule has 1 heterocycles. The number of aromatic amines is 1. The molecule has 0 spiro atoms. The molecule has 3 N–H and O–H groups in total. The number of H-pyrrole nitrogens is 1. The van der Waals surface area contributed by atoms with Crippen molar-refractivity contribution in [1.29, 1.82) is 0 Å². The van der Waals surface area contributed by atoms with Crippen molar-refractivity contribution in [2.75, 3.05) is 5.32 Å². The number of rotatable bonds is 7. The van der Waals surface area contributed by atoms with Crippen molar-refractivity contribution in [3.8, 4) is 11.3 Å². The maximum atomic E-state index is 13.6. The Labute approximate surface area is 182 Å². The molecule has 0 aliphatic carbocycles. The predicted octanol–water partition coefficient (Wildman–Crippen LogP) is 3.10. The SMILES string of the molecule is CC(=O)OC(C(=O)NC(C)C(=O)Nc1cc(-c2ccccc2)[nH]n1)c1cc(F)cc(F)c1. The number of benzene rings is 2. The topological polar surface area (TPSA) is 113 Å². The molecule has 0 bridgehead atoms. The minimum absolute atomic E-state index is 0.206. The van der Waals surface area contributed by atoms with Crippen LogP contribution in [-0.2, 0) is 19.1 Å². The molecule has 10 heteroatoms. The van der Waals surface area contributed by atoms with Gasteiger partial charge < -0.3 is 15.4 Å². The molecule has 0 aliphatic heterocycles. The molecular weight excluding hydrogens is 422 g/mol. The minimum Gasteiger partial charge on any atom is -0.447 e. The van der Waals surface area contributed by atoms with Crippen molar-refractivity contribution in [3.63, 3.8) is 0 Å². The van der Waals surface area contributed by atoms with E-state index in [-0.39, 0.29) is 11.4 Å². The Kier molecular flexibility index (Phi) is 6.93. The number of esters is 1. The molecule has 2 aromatic carbocycles. The van der Waals surface area contributed by atoms with Gasteiger partial charge in [0.25, 0.3) is 5.91 Å². The molecule has 3 rings (SSSR count). The monoisotopic (exact) mass is 442 g/mol. The molecule has 32 heavy (non-hydrogen) atoms. The largest absolute Gasteiger partial charge is 0.447 e. The third kappa shape index (κ3) is 5.75. The van der Waals surface area contributed by atoms with Crippen LogP contribution >= 0.6 is 0 Å². The first-order valence-electron chi connectivity index (χ1n) is 9.58. The summed E-state index contributed by atoms with van der Waals surface area (Å²) in [5.74, 6) is -4.00. The van der Waals surface area contributed by atoms with E-state index in [9.17, 15) is 23.2 Å². The van der Waals surface area contributed by atoms with Crippen LogP contribution in [0, 0.1) is 11.6 Å². The Morgan fingerprint density at radius 2 is 1.66 bits per heavy atom. The molecule has 8 nitrogen and oxygen atoms in total. The summed E-state index contributed by atoms with van der Waals surface area (Å²) in [4.78, 5) is 36.5. The van der Waals surface area contributed by atoms with E-state index in [2.05, 4.69) is 20.8 Å². The van der Waals surface area contributed by atoms with Crippen LogP contribution in [-0.4, -0.2) is 34.0 Å². The molecule has 0 saturated heterocycles. The number of nitrogens with one attached hydrogen (secondary N) is 3. The number of hydrogen-bond donors (Lipinski definition) is 3. The number of halogens is 2. The standard InChI is InChI=1S/C22H20F2N4O4/c1-12(21(30)26-19-11-18(27-28-19)14-6-4-3-5-7-14)25-22(31)20(32-13(2)29)15-8-16(23)10-17(24)9-15/h3-12,20H,1-2H3,(H,25,31)(H2,26,27,28,30). The third-order valence-corrected chi connectivity index (χ3v) is 4.38. The van der Waals surface area contributed by atoms with Gasteiger partial charge in [-0.05, 0) is 24.6 Å². The number of amides is 2.